The predicted molar refractivity (Wildman–Crippen MR) is 147 cm³/mol. The fourth-order valence-corrected chi connectivity index (χ4v) is 5.47. The SMILES string of the molecule is CC1=NC(C)=C(C(=O)O[C@]2(C)CCN(Cc3ccccc3)C2)[C@@H](c2cccc([N+](=O)[O-])c2)C1C(=O)OC(C)C. The van der Waals surface area contributed by atoms with E-state index in [4.69, 9.17) is 9.47 Å². The van der Waals surface area contributed by atoms with Crippen molar-refractivity contribution in [2.24, 2.45) is 10.9 Å². The van der Waals surface area contributed by atoms with Crippen molar-refractivity contribution in [3.05, 3.63) is 87.1 Å². The molecule has 2 aromatic rings. The van der Waals surface area contributed by atoms with Gasteiger partial charge in [-0.1, -0.05) is 42.5 Å². The van der Waals surface area contributed by atoms with Crippen molar-refractivity contribution in [2.45, 2.75) is 65.2 Å². The standard InChI is InChI=1S/C30H35N3O6/c1-19(2)38-28(34)25-20(3)31-21(4)26(27(25)23-12-9-13-24(16-23)33(36)37)29(35)39-30(5)14-15-32(18-30)17-22-10-7-6-8-11-22/h6-13,16,19,25,27H,14-15,17-18H2,1-5H3/t25?,27-,30+/m0/s1. The van der Waals surface area contributed by atoms with Crippen LogP contribution in [0, 0.1) is 16.0 Å². The Kier molecular flexibility index (Phi) is 8.30. The van der Waals surface area contributed by atoms with E-state index in [1.165, 1.54) is 17.7 Å². The van der Waals surface area contributed by atoms with Crippen LogP contribution in [0.1, 0.15) is 58.1 Å². The Bertz CT molecular complexity index is 1320. The third-order valence-electron chi connectivity index (χ3n) is 7.20. The highest BCUT2D eigenvalue weighted by Gasteiger charge is 2.45. The molecular weight excluding hydrogens is 498 g/mol. The highest BCUT2D eigenvalue weighted by atomic mass is 16.6. The van der Waals surface area contributed by atoms with Gasteiger partial charge in [-0.15, -0.1) is 0 Å². The number of hydrogen-bond donors (Lipinski definition) is 0. The Labute approximate surface area is 228 Å². The van der Waals surface area contributed by atoms with Crippen molar-refractivity contribution in [1.29, 1.82) is 0 Å². The molecule has 2 aliphatic heterocycles. The van der Waals surface area contributed by atoms with Gasteiger partial charge in [-0.25, -0.2) is 4.79 Å². The fraction of sp³-hybridized carbons (Fsp3) is 0.433. The molecule has 9 heteroatoms. The molecule has 0 saturated carbocycles. The molecule has 206 valence electrons. The summed E-state index contributed by atoms with van der Waals surface area (Å²) in [6.45, 7) is 10.9. The number of nitro groups is 1. The summed E-state index contributed by atoms with van der Waals surface area (Å²) >= 11 is 0. The van der Waals surface area contributed by atoms with E-state index in [9.17, 15) is 19.7 Å². The van der Waals surface area contributed by atoms with Gasteiger partial charge in [0.25, 0.3) is 5.69 Å². The smallest absolute Gasteiger partial charge is 0.337 e. The number of nitrogens with zero attached hydrogens (tertiary/aromatic N) is 3. The maximum atomic E-state index is 13.9. The Morgan fingerprint density at radius 1 is 1.15 bits per heavy atom. The third kappa shape index (κ3) is 6.42. The maximum Gasteiger partial charge on any atom is 0.337 e. The largest absolute Gasteiger partial charge is 0.462 e. The van der Waals surface area contributed by atoms with Gasteiger partial charge in [-0.3, -0.25) is 24.8 Å². The zero-order valence-corrected chi connectivity index (χ0v) is 23.0. The number of nitro benzene ring substituents is 1. The second kappa shape index (κ2) is 11.5. The quantitative estimate of drug-likeness (QED) is 0.260. The number of esters is 2. The lowest BCUT2D eigenvalue weighted by Crippen LogP contribution is -2.40. The summed E-state index contributed by atoms with van der Waals surface area (Å²) in [7, 11) is 0. The molecule has 0 aliphatic carbocycles. The van der Waals surface area contributed by atoms with Gasteiger partial charge in [0, 0.05) is 55.5 Å². The summed E-state index contributed by atoms with van der Waals surface area (Å²) < 4.78 is 11.7. The van der Waals surface area contributed by atoms with Gasteiger partial charge >= 0.3 is 11.9 Å². The number of carbonyl (C=O) groups excluding carboxylic acids is 2. The summed E-state index contributed by atoms with van der Waals surface area (Å²) in [6, 6.07) is 16.1. The Morgan fingerprint density at radius 2 is 1.87 bits per heavy atom. The number of carbonyl (C=O) groups is 2. The number of hydrogen-bond acceptors (Lipinski definition) is 8. The first-order valence-corrected chi connectivity index (χ1v) is 13.2. The normalized spacial score (nSPS) is 23.5. The van der Waals surface area contributed by atoms with Crippen LogP contribution in [0.5, 0.6) is 0 Å². The molecule has 2 aromatic carbocycles. The monoisotopic (exact) mass is 533 g/mol. The van der Waals surface area contributed by atoms with E-state index in [0.29, 0.717) is 29.9 Å². The highest BCUT2D eigenvalue weighted by Crippen LogP contribution is 2.42. The third-order valence-corrected chi connectivity index (χ3v) is 7.20. The topological polar surface area (TPSA) is 111 Å². The summed E-state index contributed by atoms with van der Waals surface area (Å²) in [5.74, 6) is -2.88. The molecule has 0 spiro atoms. The zero-order chi connectivity index (χ0) is 28.3. The minimum Gasteiger partial charge on any atom is -0.462 e. The van der Waals surface area contributed by atoms with Crippen molar-refractivity contribution in [2.75, 3.05) is 13.1 Å². The van der Waals surface area contributed by atoms with E-state index in [-0.39, 0.29) is 17.4 Å². The van der Waals surface area contributed by atoms with Gasteiger partial charge in [0.15, 0.2) is 0 Å². The molecule has 1 fully saturated rings. The van der Waals surface area contributed by atoms with Crippen molar-refractivity contribution >= 4 is 23.3 Å². The number of allylic oxidation sites excluding steroid dienone is 1. The first-order chi connectivity index (χ1) is 18.5. The molecule has 3 atom stereocenters. The second-order valence-electron chi connectivity index (χ2n) is 10.8. The molecule has 39 heavy (non-hydrogen) atoms. The van der Waals surface area contributed by atoms with Crippen LogP contribution in [0.25, 0.3) is 0 Å². The minimum atomic E-state index is -0.924. The van der Waals surface area contributed by atoms with Gasteiger partial charge in [0.05, 0.1) is 16.6 Å². The van der Waals surface area contributed by atoms with Crippen molar-refractivity contribution in [3.63, 3.8) is 0 Å². The van der Waals surface area contributed by atoms with Crippen LogP contribution in [-0.4, -0.2) is 52.3 Å². The van der Waals surface area contributed by atoms with Crippen LogP contribution in [0.15, 0.2) is 70.9 Å². The minimum absolute atomic E-state index is 0.131. The number of likely N-dealkylation sites (tertiary alicyclic amines) is 1. The molecule has 2 heterocycles. The molecule has 1 unspecified atom stereocenters. The molecule has 0 radical (unpaired) electrons. The van der Waals surface area contributed by atoms with E-state index < -0.39 is 34.3 Å². The fourth-order valence-electron chi connectivity index (χ4n) is 5.47. The molecule has 0 bridgehead atoms. The van der Waals surface area contributed by atoms with Gasteiger partial charge in [-0.05, 0) is 45.7 Å². The Morgan fingerprint density at radius 3 is 2.54 bits per heavy atom. The van der Waals surface area contributed by atoms with E-state index in [0.717, 1.165) is 13.1 Å². The van der Waals surface area contributed by atoms with E-state index in [1.807, 2.05) is 25.1 Å². The molecule has 2 aliphatic rings. The van der Waals surface area contributed by atoms with E-state index in [1.54, 1.807) is 39.8 Å². The summed E-state index contributed by atoms with van der Waals surface area (Å²) in [5.41, 5.74) is 1.88. The van der Waals surface area contributed by atoms with Crippen LogP contribution >= 0.6 is 0 Å². The predicted octanol–water partition coefficient (Wildman–Crippen LogP) is 5.20. The molecule has 1 saturated heterocycles. The first kappa shape index (κ1) is 28.2. The van der Waals surface area contributed by atoms with Crippen molar-refractivity contribution in [1.82, 2.24) is 4.90 Å². The lowest BCUT2D eigenvalue weighted by Gasteiger charge is -2.34. The molecule has 0 aromatic heterocycles. The summed E-state index contributed by atoms with van der Waals surface area (Å²) in [6.07, 6.45) is 0.270. The maximum absolute atomic E-state index is 13.9. The number of non-ortho nitro benzene ring substituents is 1. The van der Waals surface area contributed by atoms with Gasteiger partial charge in [0.2, 0.25) is 0 Å². The Hall–Kier alpha value is -3.85. The molecule has 0 amide bonds. The summed E-state index contributed by atoms with van der Waals surface area (Å²) in [5, 5.41) is 11.6. The van der Waals surface area contributed by atoms with Gasteiger partial charge in [0.1, 0.15) is 11.5 Å². The van der Waals surface area contributed by atoms with Gasteiger partial charge in [-0.2, -0.15) is 0 Å². The van der Waals surface area contributed by atoms with E-state index >= 15 is 0 Å². The van der Waals surface area contributed by atoms with E-state index in [2.05, 4.69) is 22.0 Å². The van der Waals surface area contributed by atoms with Crippen LogP contribution < -0.4 is 0 Å². The van der Waals surface area contributed by atoms with Crippen LogP contribution in [-0.2, 0) is 25.6 Å². The van der Waals surface area contributed by atoms with Gasteiger partial charge < -0.3 is 9.47 Å². The molecular formula is C30H35N3O6. The van der Waals surface area contributed by atoms with Crippen LogP contribution in [0.4, 0.5) is 5.69 Å². The lowest BCUT2D eigenvalue weighted by atomic mass is 9.75. The lowest BCUT2D eigenvalue weighted by molar-refractivity contribution is -0.384. The van der Waals surface area contributed by atoms with Crippen LogP contribution in [0.2, 0.25) is 0 Å². The first-order valence-electron chi connectivity index (χ1n) is 13.2. The highest BCUT2D eigenvalue weighted by molar-refractivity contribution is 6.07. The molecule has 4 rings (SSSR count). The number of aliphatic imine (C=N–C) groups is 1. The average Bonchev–Trinajstić information content (AvgIpc) is 3.23. The zero-order valence-electron chi connectivity index (χ0n) is 23.0. The van der Waals surface area contributed by atoms with Crippen molar-refractivity contribution in [3.8, 4) is 0 Å². The number of rotatable bonds is 8. The van der Waals surface area contributed by atoms with Crippen LogP contribution in [0.3, 0.4) is 0 Å². The number of benzene rings is 2. The average molecular weight is 534 g/mol. The molecule has 9 nitrogen and oxygen atoms in total. The Balaban J connectivity index is 1.66. The second-order valence-corrected chi connectivity index (χ2v) is 10.8. The molecule has 0 N–H and O–H groups in total. The van der Waals surface area contributed by atoms with Crippen molar-refractivity contribution < 1.29 is 24.0 Å². The number of ether oxygens (including phenoxy) is 2. The summed E-state index contributed by atoms with van der Waals surface area (Å²) in [4.78, 5) is 45.0.